The number of benzene rings is 1. The lowest BCUT2D eigenvalue weighted by atomic mass is 10.0. The fourth-order valence-corrected chi connectivity index (χ4v) is 2.40. The Morgan fingerprint density at radius 2 is 2.10 bits per heavy atom. The molecule has 1 aliphatic heterocycles. The maximum atomic E-state index is 9.93. The Morgan fingerprint density at radius 1 is 1.30 bits per heavy atom. The molecular weight excluding hydrogens is 262 g/mol. The summed E-state index contributed by atoms with van der Waals surface area (Å²) in [6, 6.07) is 7.58. The molecule has 0 unspecified atom stereocenters. The second-order valence-electron chi connectivity index (χ2n) is 4.92. The Balaban J connectivity index is 1.82. The van der Waals surface area contributed by atoms with Gasteiger partial charge in [0.1, 0.15) is 11.9 Å². The highest BCUT2D eigenvalue weighted by molar-refractivity contribution is 5.85. The van der Waals surface area contributed by atoms with Gasteiger partial charge in [0.05, 0.1) is 18.8 Å². The van der Waals surface area contributed by atoms with E-state index >= 15 is 0 Å². The molecule has 1 fully saturated rings. The average Bonchev–Trinajstić information content (AvgIpc) is 2.87. The fourth-order valence-electron chi connectivity index (χ4n) is 2.40. The van der Waals surface area contributed by atoms with Crippen LogP contribution in [0, 0.1) is 0 Å². The SMILES string of the molecule is OC[C@@H]1C[C@H](O)[C@@H](O)[C@H](Oc2c[nH]c3ccccc23)O1. The van der Waals surface area contributed by atoms with Gasteiger partial charge in [0.25, 0.3) is 0 Å². The van der Waals surface area contributed by atoms with E-state index in [9.17, 15) is 10.2 Å². The zero-order chi connectivity index (χ0) is 14.1. The van der Waals surface area contributed by atoms with E-state index in [-0.39, 0.29) is 13.0 Å². The molecule has 1 saturated heterocycles. The number of H-pyrrole nitrogens is 1. The highest BCUT2D eigenvalue weighted by Crippen LogP contribution is 2.29. The Kier molecular flexibility index (Phi) is 3.62. The van der Waals surface area contributed by atoms with Crippen LogP contribution in [0.1, 0.15) is 6.42 Å². The number of ether oxygens (including phenoxy) is 2. The van der Waals surface area contributed by atoms with Crippen LogP contribution in [0.5, 0.6) is 5.75 Å². The van der Waals surface area contributed by atoms with Gasteiger partial charge in [-0.15, -0.1) is 0 Å². The maximum absolute atomic E-state index is 9.93. The first-order chi connectivity index (χ1) is 9.69. The molecule has 1 aromatic carbocycles. The van der Waals surface area contributed by atoms with Gasteiger partial charge in [0.2, 0.25) is 6.29 Å². The van der Waals surface area contributed by atoms with Crippen molar-refractivity contribution in [1.29, 1.82) is 0 Å². The van der Waals surface area contributed by atoms with E-state index in [1.54, 1.807) is 6.20 Å². The smallest absolute Gasteiger partial charge is 0.229 e. The van der Waals surface area contributed by atoms with Crippen LogP contribution >= 0.6 is 0 Å². The van der Waals surface area contributed by atoms with Crippen molar-refractivity contribution in [3.8, 4) is 5.75 Å². The summed E-state index contributed by atoms with van der Waals surface area (Å²) < 4.78 is 11.1. The molecule has 3 rings (SSSR count). The van der Waals surface area contributed by atoms with Crippen LogP contribution < -0.4 is 4.74 Å². The number of hydrogen-bond acceptors (Lipinski definition) is 5. The molecule has 0 spiro atoms. The van der Waals surface area contributed by atoms with E-state index in [1.165, 1.54) is 0 Å². The van der Waals surface area contributed by atoms with Crippen LogP contribution in [0.2, 0.25) is 0 Å². The molecule has 2 heterocycles. The van der Waals surface area contributed by atoms with Crippen molar-refractivity contribution in [3.63, 3.8) is 0 Å². The summed E-state index contributed by atoms with van der Waals surface area (Å²) in [6.45, 7) is -0.225. The zero-order valence-electron chi connectivity index (χ0n) is 10.8. The molecule has 4 atom stereocenters. The normalized spacial score (nSPS) is 30.6. The van der Waals surface area contributed by atoms with Gasteiger partial charge in [-0.05, 0) is 12.1 Å². The lowest BCUT2D eigenvalue weighted by Crippen LogP contribution is -2.51. The van der Waals surface area contributed by atoms with Crippen LogP contribution in [-0.4, -0.2) is 51.5 Å². The summed E-state index contributed by atoms with van der Waals surface area (Å²) >= 11 is 0. The van der Waals surface area contributed by atoms with Crippen LogP contribution in [0.3, 0.4) is 0 Å². The van der Waals surface area contributed by atoms with Gasteiger partial charge in [-0.25, -0.2) is 0 Å². The second-order valence-corrected chi connectivity index (χ2v) is 4.92. The van der Waals surface area contributed by atoms with Gasteiger partial charge in [-0.1, -0.05) is 12.1 Å². The van der Waals surface area contributed by atoms with Crippen LogP contribution in [0.15, 0.2) is 30.5 Å². The number of aromatic amines is 1. The number of aliphatic hydroxyl groups is 3. The van der Waals surface area contributed by atoms with Crippen molar-refractivity contribution in [3.05, 3.63) is 30.5 Å². The Labute approximate surface area is 115 Å². The van der Waals surface area contributed by atoms with Gasteiger partial charge < -0.3 is 29.8 Å². The molecule has 6 nitrogen and oxygen atoms in total. The summed E-state index contributed by atoms with van der Waals surface area (Å²) in [6.07, 6.45) is -1.80. The van der Waals surface area contributed by atoms with Crippen molar-refractivity contribution in [2.24, 2.45) is 0 Å². The number of rotatable bonds is 3. The first-order valence-electron chi connectivity index (χ1n) is 6.54. The van der Waals surface area contributed by atoms with Crippen molar-refractivity contribution in [2.75, 3.05) is 6.61 Å². The molecule has 0 bridgehead atoms. The molecule has 2 aromatic rings. The number of aromatic nitrogens is 1. The predicted molar refractivity (Wildman–Crippen MR) is 71.3 cm³/mol. The molecule has 0 amide bonds. The highest BCUT2D eigenvalue weighted by Gasteiger charge is 2.38. The Bertz CT molecular complexity index is 584. The molecule has 1 aromatic heterocycles. The second kappa shape index (κ2) is 5.41. The molecule has 1 aliphatic rings. The Hall–Kier alpha value is -1.60. The lowest BCUT2D eigenvalue weighted by molar-refractivity contribution is -0.240. The van der Waals surface area contributed by atoms with Crippen LogP contribution in [0.25, 0.3) is 10.9 Å². The minimum absolute atomic E-state index is 0.186. The van der Waals surface area contributed by atoms with Gasteiger partial charge in [-0.2, -0.15) is 0 Å². The summed E-state index contributed by atoms with van der Waals surface area (Å²) in [7, 11) is 0. The van der Waals surface area contributed by atoms with Crippen LogP contribution in [0.4, 0.5) is 0 Å². The van der Waals surface area contributed by atoms with E-state index < -0.39 is 24.6 Å². The van der Waals surface area contributed by atoms with Gasteiger partial charge >= 0.3 is 0 Å². The first-order valence-corrected chi connectivity index (χ1v) is 6.54. The zero-order valence-corrected chi connectivity index (χ0v) is 10.8. The summed E-state index contributed by atoms with van der Waals surface area (Å²) in [4.78, 5) is 3.05. The van der Waals surface area contributed by atoms with Crippen LogP contribution in [-0.2, 0) is 4.74 Å². The third-order valence-electron chi connectivity index (χ3n) is 3.50. The summed E-state index contributed by atoms with van der Waals surface area (Å²) in [5, 5.41) is 29.7. The standard InChI is InChI=1S/C14H17NO5/c16-7-8-5-11(17)13(18)14(19-8)20-12-6-15-10-4-2-1-3-9(10)12/h1-4,6,8,11,13-18H,5,7H2/t8-,11-,13+,14-/m0/s1. The quantitative estimate of drug-likeness (QED) is 0.651. The molecule has 108 valence electrons. The largest absolute Gasteiger partial charge is 0.460 e. The van der Waals surface area contributed by atoms with Gasteiger partial charge in [-0.3, -0.25) is 0 Å². The number of nitrogens with one attached hydrogen (secondary N) is 1. The number of aliphatic hydroxyl groups excluding tert-OH is 3. The molecule has 0 saturated carbocycles. The number of para-hydroxylation sites is 1. The van der Waals surface area contributed by atoms with Crippen molar-refractivity contribution >= 4 is 10.9 Å². The number of hydrogen-bond donors (Lipinski definition) is 4. The summed E-state index contributed by atoms with van der Waals surface area (Å²) in [5.74, 6) is 0.537. The maximum Gasteiger partial charge on any atom is 0.229 e. The van der Waals surface area contributed by atoms with E-state index in [0.29, 0.717) is 5.75 Å². The van der Waals surface area contributed by atoms with Crippen molar-refractivity contribution in [1.82, 2.24) is 4.98 Å². The monoisotopic (exact) mass is 279 g/mol. The van der Waals surface area contributed by atoms with E-state index in [2.05, 4.69) is 4.98 Å². The molecule has 0 radical (unpaired) electrons. The van der Waals surface area contributed by atoms with E-state index in [4.69, 9.17) is 14.6 Å². The van der Waals surface area contributed by atoms with Gasteiger partial charge in [0.15, 0.2) is 0 Å². The minimum atomic E-state index is -1.15. The predicted octanol–water partition coefficient (Wildman–Crippen LogP) is 0.376. The molecular formula is C14H17NO5. The van der Waals surface area contributed by atoms with Gasteiger partial charge in [0, 0.05) is 23.5 Å². The van der Waals surface area contributed by atoms with Crippen molar-refractivity contribution in [2.45, 2.75) is 31.0 Å². The first kappa shape index (κ1) is 13.4. The highest BCUT2D eigenvalue weighted by atomic mass is 16.7. The third-order valence-corrected chi connectivity index (χ3v) is 3.50. The molecule has 4 N–H and O–H groups in total. The van der Waals surface area contributed by atoms with Crippen molar-refractivity contribution < 1.29 is 24.8 Å². The topological polar surface area (TPSA) is 94.9 Å². The molecule has 0 aliphatic carbocycles. The number of fused-ring (bicyclic) bond motifs is 1. The minimum Gasteiger partial charge on any atom is -0.460 e. The van der Waals surface area contributed by atoms with E-state index in [1.807, 2.05) is 24.3 Å². The average molecular weight is 279 g/mol. The lowest BCUT2D eigenvalue weighted by Gasteiger charge is -2.36. The summed E-state index contributed by atoms with van der Waals surface area (Å²) in [5.41, 5.74) is 0.909. The van der Waals surface area contributed by atoms with E-state index in [0.717, 1.165) is 10.9 Å². The fraction of sp³-hybridized carbons (Fsp3) is 0.429. The molecule has 20 heavy (non-hydrogen) atoms. The molecule has 6 heteroatoms. The Morgan fingerprint density at radius 3 is 2.90 bits per heavy atom. The third kappa shape index (κ3) is 2.38.